The lowest BCUT2D eigenvalue weighted by molar-refractivity contribution is 0.171. The van der Waals surface area contributed by atoms with Gasteiger partial charge in [0.2, 0.25) is 0 Å². The molecule has 7 nitrogen and oxygen atoms in total. The van der Waals surface area contributed by atoms with Gasteiger partial charge in [-0.05, 0) is 66.4 Å². The van der Waals surface area contributed by atoms with Crippen LogP contribution in [0.2, 0.25) is 0 Å². The summed E-state index contributed by atoms with van der Waals surface area (Å²) in [7, 11) is 0. The number of phenolic OH excluding ortho intramolecular Hbond substituents is 2. The largest absolute Gasteiger partial charge is 0.508 e. The molecule has 2 aromatic heterocycles. The van der Waals surface area contributed by atoms with Crippen LogP contribution in [0.25, 0.3) is 16.9 Å². The minimum atomic E-state index is 0.197. The number of benzene rings is 2. The molecule has 1 saturated heterocycles. The summed E-state index contributed by atoms with van der Waals surface area (Å²) in [5.74, 6) is 1.87. The summed E-state index contributed by atoms with van der Waals surface area (Å²) >= 11 is 3.54. The van der Waals surface area contributed by atoms with Gasteiger partial charge in [-0.1, -0.05) is 29.8 Å². The molecular weight excluding hydrogens is 494 g/mol. The molecule has 1 aliphatic heterocycles. The number of piperidine rings is 1. The van der Waals surface area contributed by atoms with E-state index in [4.69, 9.17) is 4.98 Å². The van der Waals surface area contributed by atoms with E-state index in [1.807, 2.05) is 24.3 Å². The van der Waals surface area contributed by atoms with E-state index in [0.717, 1.165) is 60.4 Å². The molecule has 1 unspecified atom stereocenters. The molecule has 3 N–H and O–H groups in total. The van der Waals surface area contributed by atoms with E-state index in [0.29, 0.717) is 28.6 Å². The van der Waals surface area contributed by atoms with Gasteiger partial charge in [0.15, 0.2) is 5.65 Å². The summed E-state index contributed by atoms with van der Waals surface area (Å²) in [4.78, 5) is 7.14. The van der Waals surface area contributed by atoms with Crippen molar-refractivity contribution >= 4 is 27.4 Å². The van der Waals surface area contributed by atoms with E-state index in [2.05, 4.69) is 44.2 Å². The molecule has 0 spiro atoms. The monoisotopic (exact) mass is 521 g/mol. The second-order valence-corrected chi connectivity index (χ2v) is 9.88. The maximum absolute atomic E-state index is 10.3. The maximum atomic E-state index is 10.3. The minimum absolute atomic E-state index is 0.197. The average molecular weight is 522 g/mol. The summed E-state index contributed by atoms with van der Waals surface area (Å²) in [5.41, 5.74) is 4.22. The van der Waals surface area contributed by atoms with Crippen molar-refractivity contribution in [3.63, 3.8) is 0 Å². The molecular formula is C26H28BrN5O2. The van der Waals surface area contributed by atoms with Gasteiger partial charge in [-0.15, -0.1) is 0 Å². The second-order valence-electron chi connectivity index (χ2n) is 9.03. The number of hydrogen-bond acceptors (Lipinski definition) is 6. The number of para-hydroxylation sites is 1. The fourth-order valence-electron chi connectivity index (χ4n) is 4.68. The summed E-state index contributed by atoms with van der Waals surface area (Å²) in [5, 5.41) is 28.7. The Labute approximate surface area is 207 Å². The van der Waals surface area contributed by atoms with Crippen molar-refractivity contribution in [2.75, 3.05) is 25.0 Å². The Morgan fingerprint density at radius 2 is 1.97 bits per heavy atom. The standard InChI is InChI=1S/C26H28BrN5O2/c1-17-8-9-23(33)19(11-17)16-31-10-4-5-18(15-31)13-28-25-12-22(20-6-2-3-7-24(20)34)30-26-21(27)14-29-32(25)26/h2-3,6-9,11-12,14,18,28,33-34H,4-5,10,13,15-16H2,1H3. The van der Waals surface area contributed by atoms with Crippen molar-refractivity contribution in [2.24, 2.45) is 5.92 Å². The molecule has 34 heavy (non-hydrogen) atoms. The fourth-order valence-corrected chi connectivity index (χ4v) is 5.03. The van der Waals surface area contributed by atoms with Gasteiger partial charge in [-0.3, -0.25) is 4.90 Å². The third-order valence-corrected chi connectivity index (χ3v) is 6.97. The first-order chi connectivity index (χ1) is 16.5. The van der Waals surface area contributed by atoms with E-state index in [1.165, 1.54) is 0 Å². The van der Waals surface area contributed by atoms with Gasteiger partial charge < -0.3 is 15.5 Å². The highest BCUT2D eigenvalue weighted by Gasteiger charge is 2.22. The summed E-state index contributed by atoms with van der Waals surface area (Å²) in [6.45, 7) is 5.61. The molecule has 5 rings (SSSR count). The Kier molecular flexibility index (Phi) is 6.43. The van der Waals surface area contributed by atoms with Gasteiger partial charge in [0.25, 0.3) is 0 Å². The van der Waals surface area contributed by atoms with E-state index in [1.54, 1.807) is 28.9 Å². The van der Waals surface area contributed by atoms with Crippen molar-refractivity contribution in [1.29, 1.82) is 0 Å². The van der Waals surface area contributed by atoms with Gasteiger partial charge in [0.1, 0.15) is 17.3 Å². The quantitative estimate of drug-likeness (QED) is 0.323. The Morgan fingerprint density at radius 3 is 2.82 bits per heavy atom. The molecule has 8 heteroatoms. The Bertz CT molecular complexity index is 1320. The minimum Gasteiger partial charge on any atom is -0.508 e. The molecule has 0 saturated carbocycles. The van der Waals surface area contributed by atoms with Crippen LogP contribution in [0.3, 0.4) is 0 Å². The van der Waals surface area contributed by atoms with Crippen molar-refractivity contribution in [1.82, 2.24) is 19.5 Å². The lowest BCUT2D eigenvalue weighted by Gasteiger charge is -2.33. The van der Waals surface area contributed by atoms with Gasteiger partial charge in [0.05, 0.1) is 16.4 Å². The van der Waals surface area contributed by atoms with Crippen LogP contribution in [-0.4, -0.2) is 49.3 Å². The Balaban J connectivity index is 1.33. The van der Waals surface area contributed by atoms with Crippen molar-refractivity contribution < 1.29 is 10.2 Å². The Morgan fingerprint density at radius 1 is 1.12 bits per heavy atom. The molecule has 1 fully saturated rings. The predicted molar refractivity (Wildman–Crippen MR) is 137 cm³/mol. The zero-order valence-corrected chi connectivity index (χ0v) is 20.7. The topological polar surface area (TPSA) is 85.9 Å². The zero-order valence-electron chi connectivity index (χ0n) is 19.1. The van der Waals surface area contributed by atoms with E-state index in [9.17, 15) is 10.2 Å². The van der Waals surface area contributed by atoms with Crippen LogP contribution in [0.15, 0.2) is 59.2 Å². The number of nitrogens with zero attached hydrogens (tertiary/aromatic N) is 4. The number of fused-ring (bicyclic) bond motifs is 1. The normalized spacial score (nSPS) is 16.7. The lowest BCUT2D eigenvalue weighted by atomic mass is 9.97. The van der Waals surface area contributed by atoms with E-state index in [-0.39, 0.29) is 5.75 Å². The number of hydrogen-bond donors (Lipinski definition) is 3. The Hall–Kier alpha value is -3.10. The third kappa shape index (κ3) is 4.74. The first-order valence-corrected chi connectivity index (χ1v) is 12.3. The van der Waals surface area contributed by atoms with E-state index >= 15 is 0 Å². The number of rotatable bonds is 6. The molecule has 3 heterocycles. The molecule has 1 atom stereocenters. The van der Waals surface area contributed by atoms with Crippen molar-refractivity contribution in [3.05, 3.63) is 70.3 Å². The summed E-state index contributed by atoms with van der Waals surface area (Å²) in [6.07, 6.45) is 4.01. The van der Waals surface area contributed by atoms with Gasteiger partial charge in [-0.25, -0.2) is 4.98 Å². The molecule has 0 amide bonds. The van der Waals surface area contributed by atoms with Crippen LogP contribution in [0.4, 0.5) is 5.82 Å². The second kappa shape index (κ2) is 9.64. The van der Waals surface area contributed by atoms with Crippen LogP contribution < -0.4 is 5.32 Å². The maximum Gasteiger partial charge on any atom is 0.172 e. The predicted octanol–water partition coefficient (Wildman–Crippen LogP) is 5.20. The first kappa shape index (κ1) is 22.7. The molecule has 1 aliphatic rings. The fraction of sp³-hybridized carbons (Fsp3) is 0.308. The van der Waals surface area contributed by atoms with Gasteiger partial charge >= 0.3 is 0 Å². The third-order valence-electron chi connectivity index (χ3n) is 6.41. The lowest BCUT2D eigenvalue weighted by Crippen LogP contribution is -2.37. The van der Waals surface area contributed by atoms with Crippen LogP contribution in [-0.2, 0) is 6.54 Å². The summed E-state index contributed by atoms with van der Waals surface area (Å²) < 4.78 is 2.59. The number of likely N-dealkylation sites (tertiary alicyclic amines) is 1. The van der Waals surface area contributed by atoms with Crippen LogP contribution >= 0.6 is 15.9 Å². The number of anilines is 1. The first-order valence-electron chi connectivity index (χ1n) is 11.6. The van der Waals surface area contributed by atoms with Crippen LogP contribution in [0.5, 0.6) is 11.5 Å². The number of halogens is 1. The van der Waals surface area contributed by atoms with Crippen LogP contribution in [0.1, 0.15) is 24.0 Å². The number of phenols is 2. The average Bonchev–Trinajstić information content (AvgIpc) is 3.21. The molecule has 0 bridgehead atoms. The van der Waals surface area contributed by atoms with E-state index < -0.39 is 0 Å². The molecule has 176 valence electrons. The molecule has 0 aliphatic carbocycles. The zero-order chi connectivity index (χ0) is 23.7. The van der Waals surface area contributed by atoms with Crippen molar-refractivity contribution in [2.45, 2.75) is 26.3 Å². The molecule has 4 aromatic rings. The highest BCUT2D eigenvalue weighted by molar-refractivity contribution is 9.10. The smallest absolute Gasteiger partial charge is 0.172 e. The highest BCUT2D eigenvalue weighted by Crippen LogP contribution is 2.31. The van der Waals surface area contributed by atoms with Crippen LogP contribution in [0, 0.1) is 12.8 Å². The number of aryl methyl sites for hydroxylation is 1. The molecule has 0 radical (unpaired) electrons. The molecule has 2 aromatic carbocycles. The van der Waals surface area contributed by atoms with Crippen molar-refractivity contribution in [3.8, 4) is 22.8 Å². The number of aromatic nitrogens is 3. The summed E-state index contributed by atoms with van der Waals surface area (Å²) in [6, 6.07) is 15.0. The number of nitrogens with one attached hydrogen (secondary N) is 1. The van der Waals surface area contributed by atoms with Gasteiger partial charge in [-0.2, -0.15) is 9.61 Å². The SMILES string of the molecule is Cc1ccc(O)c(CN2CCCC(CNc3cc(-c4ccccc4O)nc4c(Br)cnn34)C2)c1. The highest BCUT2D eigenvalue weighted by atomic mass is 79.9. The number of aromatic hydroxyl groups is 2. The van der Waals surface area contributed by atoms with Gasteiger partial charge in [0, 0.05) is 36.8 Å².